The molecule has 1 aromatic carbocycles. The summed E-state index contributed by atoms with van der Waals surface area (Å²) >= 11 is 0. The number of hydrogen-bond donors (Lipinski definition) is 1. The zero-order chi connectivity index (χ0) is 15.5. The molecule has 0 aromatic heterocycles. The third kappa shape index (κ3) is 3.83. The zero-order valence-electron chi connectivity index (χ0n) is 12.7. The van der Waals surface area contributed by atoms with E-state index in [1.54, 1.807) is 28.6 Å². The molecule has 118 valence electrons. The molecule has 0 aliphatic carbocycles. The van der Waals surface area contributed by atoms with Gasteiger partial charge in [0.15, 0.2) is 0 Å². The summed E-state index contributed by atoms with van der Waals surface area (Å²) in [6, 6.07) is 6.90. The predicted octanol–water partition coefficient (Wildman–Crippen LogP) is 0.936. The Morgan fingerprint density at radius 1 is 1.29 bits per heavy atom. The number of benzene rings is 1. The Hall–Kier alpha value is -0.950. The third-order valence-corrected chi connectivity index (χ3v) is 5.80. The molecule has 2 rings (SSSR count). The molecule has 0 radical (unpaired) electrons. The van der Waals surface area contributed by atoms with Crippen molar-refractivity contribution in [1.82, 2.24) is 9.21 Å². The van der Waals surface area contributed by atoms with Gasteiger partial charge in [0.2, 0.25) is 10.0 Å². The van der Waals surface area contributed by atoms with Gasteiger partial charge >= 0.3 is 0 Å². The number of sulfonamides is 1. The van der Waals surface area contributed by atoms with Crippen LogP contribution in [0.1, 0.15) is 18.4 Å². The lowest BCUT2D eigenvalue weighted by atomic mass is 10.2. The van der Waals surface area contributed by atoms with E-state index in [4.69, 9.17) is 5.11 Å². The van der Waals surface area contributed by atoms with Crippen LogP contribution in [0.5, 0.6) is 0 Å². The van der Waals surface area contributed by atoms with Gasteiger partial charge in [0.25, 0.3) is 0 Å². The molecule has 1 aromatic rings. The molecule has 1 heterocycles. The molecule has 0 amide bonds. The molecule has 0 spiro atoms. The number of aliphatic hydroxyl groups excluding tert-OH is 1. The molecule has 1 saturated heterocycles. The van der Waals surface area contributed by atoms with Crippen molar-refractivity contribution in [3.63, 3.8) is 0 Å². The van der Waals surface area contributed by atoms with Crippen molar-refractivity contribution in [1.29, 1.82) is 0 Å². The summed E-state index contributed by atoms with van der Waals surface area (Å²) in [5.41, 5.74) is 0.947. The average Bonchev–Trinajstić information content (AvgIpc) is 2.88. The Balaban J connectivity index is 2.20. The normalized spacial score (nSPS) is 20.3. The lowest BCUT2D eigenvalue weighted by molar-refractivity contribution is 0.291. The van der Waals surface area contributed by atoms with Crippen molar-refractivity contribution < 1.29 is 13.5 Å². The van der Waals surface area contributed by atoms with Crippen LogP contribution in [0.2, 0.25) is 0 Å². The lowest BCUT2D eigenvalue weighted by Gasteiger charge is -2.26. The second-order valence-corrected chi connectivity index (χ2v) is 7.68. The third-order valence-electron chi connectivity index (χ3n) is 3.83. The summed E-state index contributed by atoms with van der Waals surface area (Å²) in [4.78, 5) is 2.37. The van der Waals surface area contributed by atoms with E-state index in [2.05, 4.69) is 0 Å². The molecule has 1 aliphatic heterocycles. The molecular formula is C15H24N2O3S. The van der Waals surface area contributed by atoms with Crippen molar-refractivity contribution in [2.24, 2.45) is 0 Å². The highest BCUT2D eigenvalue weighted by Crippen LogP contribution is 2.26. The summed E-state index contributed by atoms with van der Waals surface area (Å²) in [6.07, 6.45) is 2.38. The Labute approximate surface area is 127 Å². The van der Waals surface area contributed by atoms with Gasteiger partial charge in [-0.3, -0.25) is 0 Å². The van der Waals surface area contributed by atoms with Crippen LogP contribution in [0.25, 0.3) is 0 Å². The maximum Gasteiger partial charge on any atom is 0.243 e. The van der Waals surface area contributed by atoms with E-state index in [0.29, 0.717) is 17.9 Å². The van der Waals surface area contributed by atoms with E-state index >= 15 is 0 Å². The van der Waals surface area contributed by atoms with Crippen molar-refractivity contribution in [3.8, 4) is 0 Å². The Kier molecular flexibility index (Phi) is 5.37. The van der Waals surface area contributed by atoms with Gasteiger partial charge in [-0.15, -0.1) is 0 Å². The number of hydrogen-bond acceptors (Lipinski definition) is 4. The maximum atomic E-state index is 12.8. The fourth-order valence-electron chi connectivity index (χ4n) is 2.82. The molecule has 1 fully saturated rings. The highest BCUT2D eigenvalue weighted by molar-refractivity contribution is 7.89. The lowest BCUT2D eigenvalue weighted by Crippen LogP contribution is -2.41. The average molecular weight is 312 g/mol. The minimum absolute atomic E-state index is 0.0575. The van der Waals surface area contributed by atoms with Gasteiger partial charge in [-0.2, -0.15) is 4.31 Å². The largest absolute Gasteiger partial charge is 0.396 e. The molecule has 5 nitrogen and oxygen atoms in total. The summed E-state index contributed by atoms with van der Waals surface area (Å²) in [5, 5.41) is 8.91. The van der Waals surface area contributed by atoms with E-state index in [1.807, 2.05) is 19.0 Å². The second-order valence-electron chi connectivity index (χ2n) is 5.79. The van der Waals surface area contributed by atoms with Crippen LogP contribution >= 0.6 is 0 Å². The topological polar surface area (TPSA) is 60.9 Å². The number of likely N-dealkylation sites (N-methyl/N-ethyl adjacent to an activating group) is 1. The van der Waals surface area contributed by atoms with Crippen molar-refractivity contribution in [2.75, 3.05) is 33.8 Å². The fourth-order valence-corrected chi connectivity index (χ4v) is 4.51. The molecule has 1 N–H and O–H groups in total. The van der Waals surface area contributed by atoms with E-state index in [9.17, 15) is 8.42 Å². The Morgan fingerprint density at radius 2 is 1.95 bits per heavy atom. The van der Waals surface area contributed by atoms with Gasteiger partial charge in [0.1, 0.15) is 0 Å². The molecule has 0 saturated carbocycles. The molecule has 1 unspecified atom stereocenters. The van der Waals surface area contributed by atoms with Crippen LogP contribution in [-0.2, 0) is 16.4 Å². The number of nitrogens with zero attached hydrogens (tertiary/aromatic N) is 2. The first-order chi connectivity index (χ1) is 9.95. The van der Waals surface area contributed by atoms with Crippen LogP contribution in [0.3, 0.4) is 0 Å². The van der Waals surface area contributed by atoms with Crippen molar-refractivity contribution in [2.45, 2.75) is 30.2 Å². The monoisotopic (exact) mass is 312 g/mol. The van der Waals surface area contributed by atoms with Crippen LogP contribution in [0, 0.1) is 0 Å². The summed E-state index contributed by atoms with van der Waals surface area (Å²) < 4.78 is 27.1. The van der Waals surface area contributed by atoms with E-state index in [-0.39, 0.29) is 12.6 Å². The first-order valence-electron chi connectivity index (χ1n) is 7.31. The van der Waals surface area contributed by atoms with Crippen LogP contribution in [0.15, 0.2) is 29.2 Å². The van der Waals surface area contributed by atoms with Gasteiger partial charge < -0.3 is 10.0 Å². The zero-order valence-corrected chi connectivity index (χ0v) is 13.5. The molecule has 1 aliphatic rings. The highest BCUT2D eigenvalue weighted by Gasteiger charge is 2.35. The SMILES string of the molecule is CN(C)CC1CCCN1S(=O)(=O)c1ccc(CCO)cc1. The van der Waals surface area contributed by atoms with Crippen LogP contribution < -0.4 is 0 Å². The van der Waals surface area contributed by atoms with Gasteiger partial charge in [-0.05, 0) is 51.1 Å². The maximum absolute atomic E-state index is 12.8. The Morgan fingerprint density at radius 3 is 2.52 bits per heavy atom. The van der Waals surface area contributed by atoms with E-state index in [0.717, 1.165) is 24.9 Å². The summed E-state index contributed by atoms with van der Waals surface area (Å²) in [6.45, 7) is 1.42. The fraction of sp³-hybridized carbons (Fsp3) is 0.600. The molecule has 21 heavy (non-hydrogen) atoms. The minimum atomic E-state index is -3.42. The van der Waals surface area contributed by atoms with Gasteiger partial charge in [0.05, 0.1) is 4.90 Å². The van der Waals surface area contributed by atoms with Gasteiger partial charge in [-0.25, -0.2) is 8.42 Å². The summed E-state index contributed by atoms with van der Waals surface area (Å²) in [7, 11) is 0.509. The first kappa shape index (κ1) is 16.4. The first-order valence-corrected chi connectivity index (χ1v) is 8.75. The van der Waals surface area contributed by atoms with Gasteiger partial charge in [0, 0.05) is 25.7 Å². The quantitative estimate of drug-likeness (QED) is 0.849. The Bertz CT molecular complexity index is 555. The van der Waals surface area contributed by atoms with Crippen LogP contribution in [0.4, 0.5) is 0 Å². The van der Waals surface area contributed by atoms with Crippen molar-refractivity contribution in [3.05, 3.63) is 29.8 Å². The van der Waals surface area contributed by atoms with E-state index < -0.39 is 10.0 Å². The number of aliphatic hydroxyl groups is 1. The standard InChI is InChI=1S/C15H24N2O3S/c1-16(2)12-14-4-3-10-17(14)21(19,20)15-7-5-13(6-8-15)9-11-18/h5-8,14,18H,3-4,9-12H2,1-2H3. The van der Waals surface area contributed by atoms with Gasteiger partial charge in [-0.1, -0.05) is 12.1 Å². The molecule has 6 heteroatoms. The van der Waals surface area contributed by atoms with Crippen LogP contribution in [-0.4, -0.2) is 62.6 Å². The molecule has 1 atom stereocenters. The minimum Gasteiger partial charge on any atom is -0.396 e. The smallest absolute Gasteiger partial charge is 0.243 e. The molecular weight excluding hydrogens is 288 g/mol. The number of rotatable bonds is 6. The summed E-state index contributed by atoms with van der Waals surface area (Å²) in [5.74, 6) is 0. The second kappa shape index (κ2) is 6.87. The highest BCUT2D eigenvalue weighted by atomic mass is 32.2. The predicted molar refractivity (Wildman–Crippen MR) is 82.7 cm³/mol. The van der Waals surface area contributed by atoms with Crippen molar-refractivity contribution >= 4 is 10.0 Å². The molecule has 0 bridgehead atoms. The van der Waals surface area contributed by atoms with E-state index in [1.165, 1.54) is 0 Å².